The highest BCUT2D eigenvalue weighted by Crippen LogP contribution is 2.22. The lowest BCUT2D eigenvalue weighted by molar-refractivity contribution is -0.146. The van der Waals surface area contributed by atoms with Crippen LogP contribution in [0.2, 0.25) is 0 Å². The van der Waals surface area contributed by atoms with Crippen molar-refractivity contribution in [1.82, 2.24) is 5.32 Å². The number of hydrogen-bond donors (Lipinski definition) is 1. The smallest absolute Gasteiger partial charge is 0.323 e. The van der Waals surface area contributed by atoms with Crippen molar-refractivity contribution < 1.29 is 9.53 Å². The Hall–Kier alpha value is -0.570. The van der Waals surface area contributed by atoms with Crippen LogP contribution in [0.25, 0.3) is 0 Å². The quantitative estimate of drug-likeness (QED) is 0.674. The van der Waals surface area contributed by atoms with Crippen molar-refractivity contribution in [3.05, 3.63) is 0 Å². The molecule has 0 aromatic carbocycles. The second-order valence-corrected chi connectivity index (χ2v) is 3.71. The standard InChI is InChI=1S/C10H19NO2/c1-4-8-6-7(3)9(11-8)10(12)13-5-2/h7-9,11H,4-6H2,1-3H3. The fraction of sp³-hybridized carbons (Fsp3) is 0.900. The molecule has 3 heteroatoms. The molecule has 1 aliphatic rings. The predicted molar refractivity (Wildman–Crippen MR) is 51.4 cm³/mol. The average Bonchev–Trinajstić information content (AvgIpc) is 2.47. The maximum absolute atomic E-state index is 11.4. The monoisotopic (exact) mass is 185 g/mol. The van der Waals surface area contributed by atoms with Crippen LogP contribution in [0.1, 0.15) is 33.6 Å². The summed E-state index contributed by atoms with van der Waals surface area (Å²) in [5.74, 6) is 0.315. The fourth-order valence-electron chi connectivity index (χ4n) is 1.89. The molecule has 3 atom stereocenters. The predicted octanol–water partition coefficient (Wildman–Crippen LogP) is 1.33. The first-order chi connectivity index (χ1) is 6.19. The molecule has 0 bridgehead atoms. The van der Waals surface area contributed by atoms with Crippen molar-refractivity contribution in [3.8, 4) is 0 Å². The van der Waals surface area contributed by atoms with Gasteiger partial charge in [-0.1, -0.05) is 13.8 Å². The number of hydrogen-bond acceptors (Lipinski definition) is 3. The molecule has 1 N–H and O–H groups in total. The average molecular weight is 185 g/mol. The summed E-state index contributed by atoms with van der Waals surface area (Å²) < 4.78 is 4.99. The molecule has 1 fully saturated rings. The van der Waals surface area contributed by atoms with Crippen molar-refractivity contribution >= 4 is 5.97 Å². The van der Waals surface area contributed by atoms with Gasteiger partial charge in [-0.25, -0.2) is 0 Å². The lowest BCUT2D eigenvalue weighted by Crippen LogP contribution is -2.38. The van der Waals surface area contributed by atoms with Gasteiger partial charge in [0.25, 0.3) is 0 Å². The molecule has 0 aliphatic carbocycles. The highest BCUT2D eigenvalue weighted by atomic mass is 16.5. The Bertz CT molecular complexity index is 182. The summed E-state index contributed by atoms with van der Waals surface area (Å²) in [6.07, 6.45) is 2.17. The van der Waals surface area contributed by atoms with Gasteiger partial charge in [0.05, 0.1) is 6.61 Å². The summed E-state index contributed by atoms with van der Waals surface area (Å²) in [5.41, 5.74) is 0. The molecule has 1 rings (SSSR count). The molecule has 0 saturated carbocycles. The van der Waals surface area contributed by atoms with Gasteiger partial charge in [0.2, 0.25) is 0 Å². The molecular weight excluding hydrogens is 166 g/mol. The second kappa shape index (κ2) is 4.61. The number of nitrogens with one attached hydrogen (secondary N) is 1. The number of rotatable bonds is 3. The third kappa shape index (κ3) is 2.44. The van der Waals surface area contributed by atoms with E-state index in [4.69, 9.17) is 4.74 Å². The minimum absolute atomic E-state index is 0.0788. The zero-order valence-corrected chi connectivity index (χ0v) is 8.67. The van der Waals surface area contributed by atoms with Crippen LogP contribution >= 0.6 is 0 Å². The molecule has 0 spiro atoms. The third-order valence-corrected chi connectivity index (χ3v) is 2.67. The van der Waals surface area contributed by atoms with Crippen molar-refractivity contribution in [3.63, 3.8) is 0 Å². The molecule has 0 radical (unpaired) electrons. The van der Waals surface area contributed by atoms with E-state index in [0.717, 1.165) is 12.8 Å². The van der Waals surface area contributed by atoms with Gasteiger partial charge in [-0.05, 0) is 25.7 Å². The maximum atomic E-state index is 11.4. The summed E-state index contributed by atoms with van der Waals surface area (Å²) in [4.78, 5) is 11.4. The number of carbonyl (C=O) groups is 1. The third-order valence-electron chi connectivity index (χ3n) is 2.67. The highest BCUT2D eigenvalue weighted by Gasteiger charge is 2.35. The van der Waals surface area contributed by atoms with Gasteiger partial charge in [0, 0.05) is 6.04 Å². The summed E-state index contributed by atoms with van der Waals surface area (Å²) in [5, 5.41) is 3.30. The highest BCUT2D eigenvalue weighted by molar-refractivity contribution is 5.76. The van der Waals surface area contributed by atoms with Crippen LogP contribution in [0.3, 0.4) is 0 Å². The summed E-state index contributed by atoms with van der Waals surface area (Å²) in [6.45, 7) is 6.55. The largest absolute Gasteiger partial charge is 0.465 e. The van der Waals surface area contributed by atoms with Crippen LogP contribution in [0.5, 0.6) is 0 Å². The van der Waals surface area contributed by atoms with Crippen LogP contribution in [0.15, 0.2) is 0 Å². The van der Waals surface area contributed by atoms with Crippen molar-refractivity contribution in [2.75, 3.05) is 6.61 Å². The molecule has 3 unspecified atom stereocenters. The lowest BCUT2D eigenvalue weighted by atomic mass is 10.0. The number of ether oxygens (including phenoxy) is 1. The first kappa shape index (κ1) is 10.5. The Balaban J connectivity index is 2.46. The van der Waals surface area contributed by atoms with E-state index in [1.165, 1.54) is 0 Å². The fourth-order valence-corrected chi connectivity index (χ4v) is 1.89. The maximum Gasteiger partial charge on any atom is 0.323 e. The van der Waals surface area contributed by atoms with Crippen LogP contribution in [-0.2, 0) is 9.53 Å². The minimum atomic E-state index is -0.0917. The van der Waals surface area contributed by atoms with Crippen LogP contribution < -0.4 is 5.32 Å². The lowest BCUT2D eigenvalue weighted by Gasteiger charge is -2.13. The molecule has 0 amide bonds. The van der Waals surface area contributed by atoms with Gasteiger partial charge in [-0.2, -0.15) is 0 Å². The van der Waals surface area contributed by atoms with Crippen LogP contribution in [0.4, 0.5) is 0 Å². The Morgan fingerprint density at radius 3 is 2.69 bits per heavy atom. The van der Waals surface area contributed by atoms with Gasteiger partial charge < -0.3 is 10.1 Å². The minimum Gasteiger partial charge on any atom is -0.465 e. The molecule has 3 nitrogen and oxygen atoms in total. The van der Waals surface area contributed by atoms with E-state index in [-0.39, 0.29) is 12.0 Å². The van der Waals surface area contributed by atoms with Crippen LogP contribution in [0, 0.1) is 5.92 Å². The Morgan fingerprint density at radius 2 is 2.23 bits per heavy atom. The van der Waals surface area contributed by atoms with Gasteiger partial charge in [0.15, 0.2) is 0 Å². The Morgan fingerprint density at radius 1 is 1.54 bits per heavy atom. The summed E-state index contributed by atoms with van der Waals surface area (Å²) in [6, 6.07) is 0.411. The normalized spacial score (nSPS) is 33.3. The Kier molecular flexibility index (Phi) is 3.72. The van der Waals surface area contributed by atoms with E-state index < -0.39 is 0 Å². The zero-order chi connectivity index (χ0) is 9.84. The van der Waals surface area contributed by atoms with Crippen molar-refractivity contribution in [2.45, 2.75) is 45.7 Å². The van der Waals surface area contributed by atoms with E-state index in [2.05, 4.69) is 19.2 Å². The molecular formula is C10H19NO2. The molecule has 1 saturated heterocycles. The molecule has 1 aliphatic heterocycles. The van der Waals surface area contributed by atoms with E-state index in [1.54, 1.807) is 0 Å². The SMILES string of the molecule is CCOC(=O)C1NC(CC)CC1C. The first-order valence-electron chi connectivity index (χ1n) is 5.11. The molecule has 0 aromatic heterocycles. The van der Waals surface area contributed by atoms with Crippen molar-refractivity contribution in [1.29, 1.82) is 0 Å². The molecule has 0 aromatic rings. The van der Waals surface area contributed by atoms with E-state index in [9.17, 15) is 4.79 Å². The summed E-state index contributed by atoms with van der Waals surface area (Å²) >= 11 is 0. The molecule has 76 valence electrons. The molecule has 13 heavy (non-hydrogen) atoms. The first-order valence-corrected chi connectivity index (χ1v) is 5.11. The van der Waals surface area contributed by atoms with E-state index >= 15 is 0 Å². The zero-order valence-electron chi connectivity index (χ0n) is 8.67. The Labute approximate surface area is 79.8 Å². The van der Waals surface area contributed by atoms with E-state index in [1.807, 2.05) is 6.92 Å². The van der Waals surface area contributed by atoms with Gasteiger partial charge in [0.1, 0.15) is 6.04 Å². The molecule has 1 heterocycles. The van der Waals surface area contributed by atoms with Gasteiger partial charge in [-0.3, -0.25) is 4.79 Å². The summed E-state index contributed by atoms with van der Waals surface area (Å²) in [7, 11) is 0. The van der Waals surface area contributed by atoms with Crippen molar-refractivity contribution in [2.24, 2.45) is 5.92 Å². The topological polar surface area (TPSA) is 38.3 Å². The van der Waals surface area contributed by atoms with E-state index in [0.29, 0.717) is 18.6 Å². The second-order valence-electron chi connectivity index (χ2n) is 3.71. The number of esters is 1. The van der Waals surface area contributed by atoms with Crippen LogP contribution in [-0.4, -0.2) is 24.7 Å². The van der Waals surface area contributed by atoms with Gasteiger partial charge in [-0.15, -0.1) is 0 Å². The number of carbonyl (C=O) groups excluding carboxylic acids is 1. The van der Waals surface area contributed by atoms with Gasteiger partial charge >= 0.3 is 5.97 Å².